The van der Waals surface area contributed by atoms with Crippen molar-refractivity contribution in [3.8, 4) is 11.1 Å². The van der Waals surface area contributed by atoms with E-state index in [9.17, 15) is 27.6 Å². The van der Waals surface area contributed by atoms with Crippen molar-refractivity contribution in [1.29, 1.82) is 0 Å². The molecular weight excluding hydrogens is 473 g/mol. The van der Waals surface area contributed by atoms with Crippen LogP contribution in [0.5, 0.6) is 0 Å². The minimum absolute atomic E-state index is 0.0120. The maximum atomic E-state index is 14.1. The fourth-order valence-corrected chi connectivity index (χ4v) is 4.31. The summed E-state index contributed by atoms with van der Waals surface area (Å²) in [5.41, 5.74) is 0.851. The molecule has 9 heteroatoms. The maximum Gasteiger partial charge on any atom is 0.339 e. The highest BCUT2D eigenvalue weighted by Crippen LogP contribution is 2.35. The van der Waals surface area contributed by atoms with Crippen molar-refractivity contribution in [2.24, 2.45) is 0 Å². The van der Waals surface area contributed by atoms with E-state index in [1.54, 1.807) is 12.1 Å². The zero-order valence-corrected chi connectivity index (χ0v) is 18.8. The molecule has 1 aromatic heterocycles. The van der Waals surface area contributed by atoms with Crippen molar-refractivity contribution in [1.82, 2.24) is 9.88 Å². The molecular formula is C27H19F3N2O4. The molecule has 4 aromatic rings. The van der Waals surface area contributed by atoms with Gasteiger partial charge in [-0.15, -0.1) is 0 Å². The number of hydrogen-bond donors (Lipinski definition) is 1. The smallest absolute Gasteiger partial charge is 0.339 e. The van der Waals surface area contributed by atoms with E-state index in [0.29, 0.717) is 22.9 Å². The van der Waals surface area contributed by atoms with Crippen LogP contribution in [0.3, 0.4) is 0 Å². The van der Waals surface area contributed by atoms with E-state index in [0.717, 1.165) is 18.2 Å². The van der Waals surface area contributed by atoms with Crippen LogP contribution >= 0.6 is 0 Å². The Kier molecular flexibility index (Phi) is 6.05. The minimum Gasteiger partial charge on any atom is -0.444 e. The average molecular weight is 492 g/mol. The van der Waals surface area contributed by atoms with Gasteiger partial charge in [0.15, 0.2) is 0 Å². The Bertz CT molecular complexity index is 1580. The first kappa shape index (κ1) is 23.3. The summed E-state index contributed by atoms with van der Waals surface area (Å²) in [6.07, 6.45) is -0.819. The first-order valence-corrected chi connectivity index (χ1v) is 11.2. The van der Waals surface area contributed by atoms with Crippen LogP contribution in [0.25, 0.3) is 22.0 Å². The lowest BCUT2D eigenvalue weighted by atomic mass is 9.97. The summed E-state index contributed by atoms with van der Waals surface area (Å²) in [5.74, 6) is -3.02. The fraction of sp³-hybridized carbons (Fsp3) is 0.148. The summed E-state index contributed by atoms with van der Waals surface area (Å²) in [7, 11) is 0. The van der Waals surface area contributed by atoms with Crippen LogP contribution in [0.4, 0.5) is 13.2 Å². The molecule has 36 heavy (non-hydrogen) atoms. The van der Waals surface area contributed by atoms with Gasteiger partial charge in [0.05, 0.1) is 11.1 Å². The number of halogens is 3. The van der Waals surface area contributed by atoms with E-state index in [2.05, 4.69) is 5.32 Å². The molecule has 1 atom stereocenters. The van der Waals surface area contributed by atoms with Gasteiger partial charge >= 0.3 is 5.97 Å². The molecule has 1 aliphatic rings. The van der Waals surface area contributed by atoms with E-state index < -0.39 is 35.4 Å². The molecule has 0 fully saturated rings. The molecule has 1 amide bonds. The number of nitrogens with zero attached hydrogens (tertiary/aromatic N) is 1. The Hall–Kier alpha value is -4.40. The third-order valence-electron chi connectivity index (χ3n) is 6.07. The fourth-order valence-electron chi connectivity index (χ4n) is 4.31. The van der Waals surface area contributed by atoms with E-state index in [1.165, 1.54) is 41.0 Å². The average Bonchev–Trinajstić information content (AvgIpc) is 3.20. The number of fused-ring (bicyclic) bond motifs is 2. The predicted octanol–water partition coefficient (Wildman–Crippen LogP) is 4.50. The second-order valence-electron chi connectivity index (χ2n) is 8.38. The van der Waals surface area contributed by atoms with Gasteiger partial charge in [-0.1, -0.05) is 12.1 Å². The molecule has 1 aliphatic heterocycles. The van der Waals surface area contributed by atoms with Gasteiger partial charge in [0.1, 0.15) is 17.5 Å². The van der Waals surface area contributed by atoms with Gasteiger partial charge in [0.25, 0.3) is 11.5 Å². The van der Waals surface area contributed by atoms with Crippen LogP contribution in [-0.4, -0.2) is 23.0 Å². The molecule has 1 unspecified atom stereocenters. The number of carbonyl (C=O) groups excluding carboxylic acids is 2. The number of cyclic esters (lactones) is 1. The van der Waals surface area contributed by atoms with Gasteiger partial charge in [0.2, 0.25) is 6.10 Å². The number of esters is 1. The number of carbonyl (C=O) groups is 2. The Morgan fingerprint density at radius 1 is 0.889 bits per heavy atom. The standard InChI is InChI=1S/C27H19F3N2O4/c28-17-6-8-22(30)20(13-17)16-3-7-19-21(12-16)27(35)36-25(19)26(34)31-10-1-11-32-23-14-18(29)5-2-15(23)4-9-24(32)33/h2-9,12-14,25H,1,10-11H2,(H,31,34). The Balaban J connectivity index is 1.27. The Morgan fingerprint density at radius 2 is 1.64 bits per heavy atom. The molecule has 2 heterocycles. The Labute approximate surface area is 202 Å². The van der Waals surface area contributed by atoms with E-state index >= 15 is 0 Å². The summed E-state index contributed by atoms with van der Waals surface area (Å²) in [5, 5.41) is 3.40. The van der Waals surface area contributed by atoms with E-state index in [4.69, 9.17) is 4.74 Å². The zero-order valence-electron chi connectivity index (χ0n) is 18.8. The summed E-state index contributed by atoms with van der Waals surface area (Å²) in [6.45, 7) is 0.413. The normalized spacial score (nSPS) is 14.5. The van der Waals surface area contributed by atoms with Crippen LogP contribution in [0.1, 0.15) is 28.4 Å². The maximum absolute atomic E-state index is 14.1. The lowest BCUT2D eigenvalue weighted by Gasteiger charge is -2.13. The van der Waals surface area contributed by atoms with Crippen molar-refractivity contribution in [3.05, 3.63) is 106 Å². The minimum atomic E-state index is -1.19. The molecule has 0 radical (unpaired) electrons. The number of aryl methyl sites for hydroxylation is 1. The number of nitrogens with one attached hydrogen (secondary N) is 1. The Morgan fingerprint density at radius 3 is 2.47 bits per heavy atom. The van der Waals surface area contributed by atoms with Crippen LogP contribution in [0.15, 0.2) is 71.5 Å². The lowest BCUT2D eigenvalue weighted by molar-refractivity contribution is -0.129. The van der Waals surface area contributed by atoms with Crippen LogP contribution in [0.2, 0.25) is 0 Å². The second kappa shape index (κ2) is 9.33. The van der Waals surface area contributed by atoms with Crippen molar-refractivity contribution >= 4 is 22.8 Å². The highest BCUT2D eigenvalue weighted by molar-refractivity contribution is 6.00. The van der Waals surface area contributed by atoms with Crippen molar-refractivity contribution in [3.63, 3.8) is 0 Å². The van der Waals surface area contributed by atoms with Crippen molar-refractivity contribution < 1.29 is 27.5 Å². The second-order valence-corrected chi connectivity index (χ2v) is 8.38. The van der Waals surface area contributed by atoms with Gasteiger partial charge in [-0.3, -0.25) is 9.59 Å². The third-order valence-corrected chi connectivity index (χ3v) is 6.07. The largest absolute Gasteiger partial charge is 0.444 e. The van der Waals surface area contributed by atoms with Gasteiger partial charge in [-0.25, -0.2) is 18.0 Å². The number of hydrogen-bond acceptors (Lipinski definition) is 4. The number of ether oxygens (including phenoxy) is 1. The van der Waals surface area contributed by atoms with Crippen LogP contribution in [0, 0.1) is 17.5 Å². The molecule has 6 nitrogen and oxygen atoms in total. The molecule has 0 saturated carbocycles. The molecule has 182 valence electrons. The number of amides is 1. The molecule has 0 spiro atoms. The van der Waals surface area contributed by atoms with Crippen molar-refractivity contribution in [2.75, 3.05) is 6.54 Å². The number of rotatable bonds is 6. The molecule has 0 saturated heterocycles. The van der Waals surface area contributed by atoms with Gasteiger partial charge in [-0.2, -0.15) is 0 Å². The van der Waals surface area contributed by atoms with Gasteiger partial charge in [-0.05, 0) is 65.9 Å². The zero-order chi connectivity index (χ0) is 25.4. The summed E-state index contributed by atoms with van der Waals surface area (Å²) in [4.78, 5) is 37.4. The highest BCUT2D eigenvalue weighted by Gasteiger charge is 2.36. The topological polar surface area (TPSA) is 77.4 Å². The summed E-state index contributed by atoms with van der Waals surface area (Å²) < 4.78 is 48.1. The van der Waals surface area contributed by atoms with Crippen LogP contribution in [-0.2, 0) is 16.1 Å². The molecule has 1 N–H and O–H groups in total. The van der Waals surface area contributed by atoms with Crippen molar-refractivity contribution in [2.45, 2.75) is 19.1 Å². The monoisotopic (exact) mass is 492 g/mol. The number of pyridine rings is 1. The molecule has 0 aliphatic carbocycles. The van der Waals surface area contributed by atoms with E-state index in [1.807, 2.05) is 0 Å². The first-order chi connectivity index (χ1) is 17.3. The number of benzene rings is 3. The van der Waals surface area contributed by atoms with Gasteiger partial charge in [0, 0.05) is 30.3 Å². The first-order valence-electron chi connectivity index (χ1n) is 11.2. The molecule has 3 aromatic carbocycles. The molecule has 5 rings (SSSR count). The summed E-state index contributed by atoms with van der Waals surface area (Å²) >= 11 is 0. The third kappa shape index (κ3) is 4.35. The SMILES string of the molecule is O=C1OC(C(=O)NCCCn2c(=O)ccc3ccc(F)cc32)c2ccc(-c3cc(F)ccc3F)cc21. The quantitative estimate of drug-likeness (QED) is 0.318. The lowest BCUT2D eigenvalue weighted by Crippen LogP contribution is -2.31. The molecule has 0 bridgehead atoms. The van der Waals surface area contributed by atoms with Crippen LogP contribution < -0.4 is 10.9 Å². The highest BCUT2D eigenvalue weighted by atomic mass is 19.1. The van der Waals surface area contributed by atoms with Gasteiger partial charge < -0.3 is 14.6 Å². The number of aromatic nitrogens is 1. The summed E-state index contributed by atoms with van der Waals surface area (Å²) in [6, 6.07) is 14.6. The predicted molar refractivity (Wildman–Crippen MR) is 126 cm³/mol. The van der Waals surface area contributed by atoms with E-state index in [-0.39, 0.29) is 35.3 Å².